The fraction of sp³-hybridized carbons (Fsp3) is 0.286. The van der Waals surface area contributed by atoms with E-state index < -0.39 is 6.04 Å². The maximum atomic E-state index is 11.6. The molecule has 0 aliphatic rings. The zero-order valence-electron chi connectivity index (χ0n) is 11.8. The van der Waals surface area contributed by atoms with Crippen molar-refractivity contribution in [3.63, 3.8) is 0 Å². The molecule has 2 rings (SSSR count). The number of nitrogens with one attached hydrogen (secondary N) is 1. The van der Waals surface area contributed by atoms with E-state index in [0.29, 0.717) is 5.82 Å². The number of rotatable bonds is 3. The molecule has 1 heterocycles. The van der Waals surface area contributed by atoms with E-state index in [9.17, 15) is 4.79 Å². The van der Waals surface area contributed by atoms with Gasteiger partial charge in [-0.15, -0.1) is 12.4 Å². The van der Waals surface area contributed by atoms with Crippen molar-refractivity contribution in [3.05, 3.63) is 35.9 Å². The van der Waals surface area contributed by atoms with Crippen LogP contribution in [0.3, 0.4) is 0 Å². The van der Waals surface area contributed by atoms with Gasteiger partial charge in [-0.05, 0) is 19.4 Å². The molecule has 0 aliphatic heterocycles. The summed E-state index contributed by atoms with van der Waals surface area (Å²) in [5.74, 6) is 0.417. The number of halogens is 1. The van der Waals surface area contributed by atoms with Gasteiger partial charge in [-0.1, -0.05) is 24.3 Å². The standard InChI is InChI=1S/C14H18N4O.ClH/c1-9-6-4-5-7-11(9)12-8-13(18(3)17-12)16-14(19)10(2)15;/h4-8,10H,15H2,1-3H3,(H,16,19);1H/t10-;/m1./s1. The van der Waals surface area contributed by atoms with Crippen LogP contribution in [0.15, 0.2) is 30.3 Å². The Labute approximate surface area is 124 Å². The molecule has 0 spiro atoms. The second-order valence-electron chi connectivity index (χ2n) is 4.63. The van der Waals surface area contributed by atoms with Gasteiger partial charge in [-0.25, -0.2) is 0 Å². The number of carbonyl (C=O) groups excluding carboxylic acids is 1. The van der Waals surface area contributed by atoms with E-state index in [1.807, 2.05) is 37.3 Å². The quantitative estimate of drug-likeness (QED) is 0.910. The van der Waals surface area contributed by atoms with Gasteiger partial charge in [0.25, 0.3) is 0 Å². The van der Waals surface area contributed by atoms with Gasteiger partial charge in [0.15, 0.2) is 0 Å². The molecule has 0 fully saturated rings. The third-order valence-corrected chi connectivity index (χ3v) is 2.97. The maximum absolute atomic E-state index is 11.6. The molecule has 5 nitrogen and oxygen atoms in total. The van der Waals surface area contributed by atoms with Crippen LogP contribution in [0.1, 0.15) is 12.5 Å². The number of aryl methyl sites for hydroxylation is 2. The van der Waals surface area contributed by atoms with Crippen LogP contribution in [0.5, 0.6) is 0 Å². The number of anilines is 1. The molecule has 1 aromatic heterocycles. The summed E-state index contributed by atoms with van der Waals surface area (Å²) < 4.78 is 1.64. The molecule has 3 N–H and O–H groups in total. The normalized spacial score (nSPS) is 11.6. The van der Waals surface area contributed by atoms with Crippen molar-refractivity contribution < 1.29 is 4.79 Å². The van der Waals surface area contributed by atoms with Crippen molar-refractivity contribution in [1.29, 1.82) is 0 Å². The molecule has 108 valence electrons. The monoisotopic (exact) mass is 294 g/mol. The Morgan fingerprint density at radius 2 is 2.05 bits per heavy atom. The number of carbonyl (C=O) groups is 1. The number of aromatic nitrogens is 2. The zero-order chi connectivity index (χ0) is 14.0. The van der Waals surface area contributed by atoms with E-state index in [4.69, 9.17) is 5.73 Å². The van der Waals surface area contributed by atoms with Gasteiger partial charge >= 0.3 is 0 Å². The molecule has 0 unspecified atom stereocenters. The molecule has 0 saturated heterocycles. The van der Waals surface area contributed by atoms with Gasteiger partial charge in [0.2, 0.25) is 5.91 Å². The van der Waals surface area contributed by atoms with E-state index in [1.165, 1.54) is 0 Å². The molecular weight excluding hydrogens is 276 g/mol. The van der Waals surface area contributed by atoms with Crippen molar-refractivity contribution in [1.82, 2.24) is 9.78 Å². The molecule has 1 amide bonds. The number of hydrogen-bond acceptors (Lipinski definition) is 3. The molecule has 0 saturated carbocycles. The predicted octanol–water partition coefficient (Wildman–Crippen LogP) is 2.10. The molecule has 1 atom stereocenters. The summed E-state index contributed by atoms with van der Waals surface area (Å²) in [6.45, 7) is 3.68. The topological polar surface area (TPSA) is 72.9 Å². The number of amides is 1. The Kier molecular flexibility index (Phi) is 5.30. The third-order valence-electron chi connectivity index (χ3n) is 2.97. The fourth-order valence-corrected chi connectivity index (χ4v) is 1.82. The van der Waals surface area contributed by atoms with E-state index >= 15 is 0 Å². The van der Waals surface area contributed by atoms with Crippen molar-refractivity contribution in [3.8, 4) is 11.3 Å². The Morgan fingerprint density at radius 1 is 1.40 bits per heavy atom. The molecule has 1 aromatic carbocycles. The van der Waals surface area contributed by atoms with Crippen molar-refractivity contribution in [2.24, 2.45) is 12.8 Å². The van der Waals surface area contributed by atoms with Crippen LogP contribution in [0, 0.1) is 6.92 Å². The summed E-state index contributed by atoms with van der Waals surface area (Å²) in [5, 5.41) is 7.17. The van der Waals surface area contributed by atoms with E-state index in [1.54, 1.807) is 18.7 Å². The second kappa shape index (κ2) is 6.54. The lowest BCUT2D eigenvalue weighted by Crippen LogP contribution is -2.33. The summed E-state index contributed by atoms with van der Waals surface area (Å²) in [4.78, 5) is 11.6. The minimum atomic E-state index is -0.545. The van der Waals surface area contributed by atoms with E-state index in [-0.39, 0.29) is 18.3 Å². The van der Waals surface area contributed by atoms with Gasteiger partial charge in [-0.3, -0.25) is 9.48 Å². The first-order valence-electron chi connectivity index (χ1n) is 6.15. The van der Waals surface area contributed by atoms with Crippen molar-refractivity contribution >= 4 is 24.1 Å². The van der Waals surface area contributed by atoms with Crippen molar-refractivity contribution in [2.45, 2.75) is 19.9 Å². The average molecular weight is 295 g/mol. The van der Waals surface area contributed by atoms with Crippen LogP contribution in [-0.2, 0) is 11.8 Å². The molecule has 6 heteroatoms. The van der Waals surface area contributed by atoms with Crippen LogP contribution in [0.2, 0.25) is 0 Å². The molecule has 0 bridgehead atoms. The van der Waals surface area contributed by atoms with Gasteiger partial charge < -0.3 is 11.1 Å². The number of hydrogen-bond donors (Lipinski definition) is 2. The number of benzene rings is 1. The number of nitrogens with two attached hydrogens (primary N) is 1. The Hall–Kier alpha value is -1.85. The smallest absolute Gasteiger partial charge is 0.242 e. The van der Waals surface area contributed by atoms with Gasteiger partial charge in [-0.2, -0.15) is 5.10 Å². The lowest BCUT2D eigenvalue weighted by atomic mass is 10.1. The highest BCUT2D eigenvalue weighted by Crippen LogP contribution is 2.24. The highest BCUT2D eigenvalue weighted by atomic mass is 35.5. The highest BCUT2D eigenvalue weighted by Gasteiger charge is 2.13. The summed E-state index contributed by atoms with van der Waals surface area (Å²) >= 11 is 0. The lowest BCUT2D eigenvalue weighted by molar-refractivity contribution is -0.117. The van der Waals surface area contributed by atoms with Crippen LogP contribution in [-0.4, -0.2) is 21.7 Å². The van der Waals surface area contributed by atoms with E-state index in [0.717, 1.165) is 16.8 Å². The molecule has 0 aliphatic carbocycles. The molecule has 2 aromatic rings. The summed E-state index contributed by atoms with van der Waals surface area (Å²) in [6.07, 6.45) is 0. The first-order chi connectivity index (χ1) is 8.99. The maximum Gasteiger partial charge on any atom is 0.242 e. The van der Waals surface area contributed by atoms with Crippen LogP contribution >= 0.6 is 12.4 Å². The minimum Gasteiger partial charge on any atom is -0.320 e. The summed E-state index contributed by atoms with van der Waals surface area (Å²) in [6, 6.07) is 9.30. The SMILES string of the molecule is Cc1ccccc1-c1cc(NC(=O)[C@@H](C)N)n(C)n1.Cl. The third kappa shape index (κ3) is 3.37. The minimum absolute atomic E-state index is 0. The van der Waals surface area contributed by atoms with E-state index in [2.05, 4.69) is 10.4 Å². The zero-order valence-corrected chi connectivity index (χ0v) is 12.6. The van der Waals surface area contributed by atoms with Crippen LogP contribution < -0.4 is 11.1 Å². The summed E-state index contributed by atoms with van der Waals surface area (Å²) in [7, 11) is 1.79. The first-order valence-corrected chi connectivity index (χ1v) is 6.15. The Bertz CT molecular complexity index is 607. The largest absolute Gasteiger partial charge is 0.320 e. The average Bonchev–Trinajstić information content (AvgIpc) is 2.71. The van der Waals surface area contributed by atoms with Crippen LogP contribution in [0.4, 0.5) is 5.82 Å². The highest BCUT2D eigenvalue weighted by molar-refractivity contribution is 5.94. The van der Waals surface area contributed by atoms with Gasteiger partial charge in [0, 0.05) is 18.7 Å². The predicted molar refractivity (Wildman–Crippen MR) is 82.9 cm³/mol. The van der Waals surface area contributed by atoms with Gasteiger partial charge in [0.05, 0.1) is 11.7 Å². The van der Waals surface area contributed by atoms with Crippen molar-refractivity contribution in [2.75, 3.05) is 5.32 Å². The van der Waals surface area contributed by atoms with Gasteiger partial charge in [0.1, 0.15) is 5.82 Å². The lowest BCUT2D eigenvalue weighted by Gasteiger charge is -2.06. The Balaban J connectivity index is 0.00000200. The first kappa shape index (κ1) is 16.2. The molecular formula is C14H19ClN4O. The second-order valence-corrected chi connectivity index (χ2v) is 4.63. The van der Waals surface area contributed by atoms with Crippen LogP contribution in [0.25, 0.3) is 11.3 Å². The summed E-state index contributed by atoms with van der Waals surface area (Å²) in [5.41, 5.74) is 8.57. The number of nitrogens with zero attached hydrogens (tertiary/aromatic N) is 2. The molecule has 20 heavy (non-hydrogen) atoms. The Morgan fingerprint density at radius 3 is 2.65 bits per heavy atom. The molecule has 0 radical (unpaired) electrons. The fourth-order valence-electron chi connectivity index (χ4n) is 1.82.